The first kappa shape index (κ1) is 14.2. The fraction of sp³-hybridized carbons (Fsp3) is 0.286. The van der Waals surface area contributed by atoms with Gasteiger partial charge in [-0.2, -0.15) is 5.10 Å². The summed E-state index contributed by atoms with van der Waals surface area (Å²) in [4.78, 5) is 35.7. The van der Waals surface area contributed by atoms with E-state index in [0.717, 1.165) is 29.7 Å². The highest BCUT2D eigenvalue weighted by Crippen LogP contribution is 2.29. The standard InChI is InChI=1S/C14H12FN3O4/c15-9-3-5-10(6-4-9)18-12(19)11(13(20)21)16-17(14(18)22)7-8-1-2-8/h3-6,8H,1-2,7H2,(H,20,21). The zero-order valence-electron chi connectivity index (χ0n) is 11.4. The summed E-state index contributed by atoms with van der Waals surface area (Å²) in [6, 6.07) is 4.66. The van der Waals surface area contributed by atoms with Crippen LogP contribution in [0.4, 0.5) is 4.39 Å². The van der Waals surface area contributed by atoms with Crippen molar-refractivity contribution in [3.05, 3.63) is 56.6 Å². The molecule has 1 saturated carbocycles. The third kappa shape index (κ3) is 2.54. The van der Waals surface area contributed by atoms with Crippen molar-refractivity contribution in [3.8, 4) is 5.69 Å². The predicted octanol–water partition coefficient (Wildman–Crippen LogP) is 0.641. The van der Waals surface area contributed by atoms with Gasteiger partial charge in [-0.05, 0) is 43.0 Å². The molecule has 1 N–H and O–H groups in total. The number of rotatable bonds is 4. The molecule has 1 aliphatic carbocycles. The van der Waals surface area contributed by atoms with Gasteiger partial charge in [0.1, 0.15) is 5.82 Å². The Labute approximate surface area is 123 Å². The molecule has 0 saturated heterocycles. The molecule has 0 bridgehead atoms. The second kappa shape index (κ2) is 5.21. The zero-order valence-corrected chi connectivity index (χ0v) is 11.4. The molecule has 0 unspecified atom stereocenters. The minimum absolute atomic E-state index is 0.103. The summed E-state index contributed by atoms with van der Waals surface area (Å²) < 4.78 is 14.7. The Morgan fingerprint density at radius 3 is 2.45 bits per heavy atom. The first-order valence-electron chi connectivity index (χ1n) is 6.71. The van der Waals surface area contributed by atoms with Gasteiger partial charge in [-0.25, -0.2) is 23.2 Å². The van der Waals surface area contributed by atoms with Crippen LogP contribution in [-0.2, 0) is 6.54 Å². The zero-order chi connectivity index (χ0) is 15.9. The molecule has 1 fully saturated rings. The molecule has 0 atom stereocenters. The lowest BCUT2D eigenvalue weighted by molar-refractivity contribution is 0.0683. The molecule has 0 amide bonds. The molecule has 1 aromatic heterocycles. The molecule has 3 rings (SSSR count). The monoisotopic (exact) mass is 305 g/mol. The van der Waals surface area contributed by atoms with Gasteiger partial charge in [-0.3, -0.25) is 4.79 Å². The highest BCUT2D eigenvalue weighted by Gasteiger charge is 2.26. The number of carbonyl (C=O) groups is 1. The van der Waals surface area contributed by atoms with Crippen molar-refractivity contribution in [1.29, 1.82) is 0 Å². The third-order valence-corrected chi connectivity index (χ3v) is 3.45. The molecule has 0 aliphatic heterocycles. The van der Waals surface area contributed by atoms with Crippen LogP contribution >= 0.6 is 0 Å². The van der Waals surface area contributed by atoms with Gasteiger partial charge in [0.15, 0.2) is 0 Å². The third-order valence-electron chi connectivity index (χ3n) is 3.45. The molecule has 2 aromatic rings. The summed E-state index contributed by atoms with van der Waals surface area (Å²) in [5, 5.41) is 12.7. The largest absolute Gasteiger partial charge is 0.476 e. The van der Waals surface area contributed by atoms with Crippen molar-refractivity contribution in [3.63, 3.8) is 0 Å². The Hall–Kier alpha value is -2.77. The van der Waals surface area contributed by atoms with E-state index in [1.807, 2.05) is 0 Å². The summed E-state index contributed by atoms with van der Waals surface area (Å²) in [6.07, 6.45) is 1.87. The van der Waals surface area contributed by atoms with Crippen LogP contribution in [0.2, 0.25) is 0 Å². The fourth-order valence-corrected chi connectivity index (χ4v) is 2.13. The van der Waals surface area contributed by atoms with E-state index >= 15 is 0 Å². The first-order chi connectivity index (χ1) is 10.5. The molecule has 0 radical (unpaired) electrons. The predicted molar refractivity (Wildman–Crippen MR) is 73.7 cm³/mol. The van der Waals surface area contributed by atoms with Crippen LogP contribution in [0.15, 0.2) is 33.9 Å². The molecule has 114 valence electrons. The van der Waals surface area contributed by atoms with E-state index in [9.17, 15) is 18.8 Å². The minimum Gasteiger partial charge on any atom is -0.476 e. The normalized spacial score (nSPS) is 14.0. The SMILES string of the molecule is O=C(O)c1nn(CC2CC2)c(=O)n(-c2ccc(F)cc2)c1=O. The summed E-state index contributed by atoms with van der Waals surface area (Å²) in [7, 11) is 0. The summed E-state index contributed by atoms with van der Waals surface area (Å²) in [6.45, 7) is 0.264. The van der Waals surface area contributed by atoms with Crippen LogP contribution in [0.1, 0.15) is 23.3 Å². The first-order valence-corrected chi connectivity index (χ1v) is 6.71. The molecule has 0 spiro atoms. The van der Waals surface area contributed by atoms with Gasteiger partial charge in [0, 0.05) is 6.54 Å². The maximum atomic E-state index is 13.0. The van der Waals surface area contributed by atoms with Crippen LogP contribution in [0.5, 0.6) is 0 Å². The van der Waals surface area contributed by atoms with Gasteiger partial charge < -0.3 is 5.11 Å². The molecule has 1 heterocycles. The van der Waals surface area contributed by atoms with Crippen LogP contribution in [-0.4, -0.2) is 25.4 Å². The van der Waals surface area contributed by atoms with Crippen molar-refractivity contribution < 1.29 is 14.3 Å². The number of aromatic carboxylic acids is 1. The van der Waals surface area contributed by atoms with Gasteiger partial charge >= 0.3 is 11.7 Å². The maximum absolute atomic E-state index is 13.0. The van der Waals surface area contributed by atoms with Gasteiger partial charge in [0.05, 0.1) is 5.69 Å². The van der Waals surface area contributed by atoms with E-state index in [0.29, 0.717) is 4.57 Å². The lowest BCUT2D eigenvalue weighted by atomic mass is 10.3. The second-order valence-corrected chi connectivity index (χ2v) is 5.18. The van der Waals surface area contributed by atoms with Crippen molar-refractivity contribution in [1.82, 2.24) is 14.3 Å². The van der Waals surface area contributed by atoms with Crippen LogP contribution in [0.25, 0.3) is 5.69 Å². The van der Waals surface area contributed by atoms with Crippen LogP contribution in [0.3, 0.4) is 0 Å². The van der Waals surface area contributed by atoms with Gasteiger partial charge in [0.25, 0.3) is 5.56 Å². The molecular formula is C14H12FN3O4. The van der Waals surface area contributed by atoms with E-state index < -0.39 is 28.7 Å². The number of carboxylic acids is 1. The number of benzene rings is 1. The Morgan fingerprint density at radius 2 is 1.91 bits per heavy atom. The number of halogens is 1. The maximum Gasteiger partial charge on any atom is 0.362 e. The topological polar surface area (TPSA) is 94.2 Å². The molecule has 22 heavy (non-hydrogen) atoms. The van der Waals surface area contributed by atoms with E-state index in [-0.39, 0.29) is 18.2 Å². The van der Waals surface area contributed by atoms with Gasteiger partial charge in [-0.1, -0.05) is 0 Å². The summed E-state index contributed by atoms with van der Waals surface area (Å²) in [5.74, 6) is -1.76. The molecule has 8 heteroatoms. The second-order valence-electron chi connectivity index (χ2n) is 5.18. The van der Waals surface area contributed by atoms with E-state index in [1.165, 1.54) is 12.1 Å². The molecular weight excluding hydrogens is 293 g/mol. The van der Waals surface area contributed by atoms with Crippen molar-refractivity contribution >= 4 is 5.97 Å². The minimum atomic E-state index is -1.51. The average Bonchev–Trinajstić information content (AvgIpc) is 3.28. The lowest BCUT2D eigenvalue weighted by Crippen LogP contribution is -2.44. The molecule has 1 aliphatic rings. The Kier molecular flexibility index (Phi) is 3.36. The Balaban J connectivity index is 2.24. The van der Waals surface area contributed by atoms with Gasteiger partial charge in [0.2, 0.25) is 5.69 Å². The van der Waals surface area contributed by atoms with Crippen LogP contribution < -0.4 is 11.2 Å². The van der Waals surface area contributed by atoms with Crippen molar-refractivity contribution in [2.75, 3.05) is 0 Å². The number of carboxylic acid groups (broad SMARTS) is 1. The van der Waals surface area contributed by atoms with E-state index in [1.54, 1.807) is 0 Å². The molecule has 1 aromatic carbocycles. The summed E-state index contributed by atoms with van der Waals surface area (Å²) in [5.41, 5.74) is -2.39. The van der Waals surface area contributed by atoms with Crippen LogP contribution in [0, 0.1) is 11.7 Å². The number of nitrogens with zero attached hydrogens (tertiary/aromatic N) is 3. The van der Waals surface area contributed by atoms with Crippen molar-refractivity contribution in [2.45, 2.75) is 19.4 Å². The number of hydrogen-bond acceptors (Lipinski definition) is 4. The quantitative estimate of drug-likeness (QED) is 0.894. The number of hydrogen-bond donors (Lipinski definition) is 1. The van der Waals surface area contributed by atoms with Crippen molar-refractivity contribution in [2.24, 2.45) is 5.92 Å². The highest BCUT2D eigenvalue weighted by atomic mass is 19.1. The van der Waals surface area contributed by atoms with E-state index in [4.69, 9.17) is 5.11 Å². The number of aromatic nitrogens is 3. The Bertz CT molecular complexity index is 850. The Morgan fingerprint density at radius 1 is 1.27 bits per heavy atom. The average molecular weight is 305 g/mol. The van der Waals surface area contributed by atoms with Gasteiger partial charge in [-0.15, -0.1) is 0 Å². The highest BCUT2D eigenvalue weighted by molar-refractivity contribution is 5.84. The fourth-order valence-electron chi connectivity index (χ4n) is 2.13. The summed E-state index contributed by atoms with van der Waals surface area (Å²) >= 11 is 0. The smallest absolute Gasteiger partial charge is 0.362 e. The lowest BCUT2D eigenvalue weighted by Gasteiger charge is -2.10. The van der Waals surface area contributed by atoms with E-state index in [2.05, 4.69) is 5.10 Å². The molecule has 7 nitrogen and oxygen atoms in total.